The lowest BCUT2D eigenvalue weighted by Gasteiger charge is -2.17. The second-order valence-corrected chi connectivity index (χ2v) is 4.49. The van der Waals surface area contributed by atoms with Gasteiger partial charge in [0.05, 0.1) is 11.7 Å². The van der Waals surface area contributed by atoms with Crippen LogP contribution in [-0.4, -0.2) is 12.0 Å². The van der Waals surface area contributed by atoms with Crippen LogP contribution in [0.5, 0.6) is 0 Å². The predicted octanol–water partition coefficient (Wildman–Crippen LogP) is 3.15. The monoisotopic (exact) mass is 244 g/mol. The summed E-state index contributed by atoms with van der Waals surface area (Å²) in [6.45, 7) is 3.84. The maximum atomic E-state index is 13.5. The SMILES string of the molecule is CNC(c1cc(C)cc(F)c1)c1cccc(C)n1. The number of aromatic nitrogens is 1. The first-order valence-electron chi connectivity index (χ1n) is 5.98. The highest BCUT2D eigenvalue weighted by molar-refractivity contribution is 5.32. The molecule has 0 aliphatic rings. The quantitative estimate of drug-likeness (QED) is 0.897. The van der Waals surface area contributed by atoms with Crippen molar-refractivity contribution in [3.05, 3.63) is 64.7 Å². The highest BCUT2D eigenvalue weighted by atomic mass is 19.1. The van der Waals surface area contributed by atoms with Crippen LogP contribution >= 0.6 is 0 Å². The smallest absolute Gasteiger partial charge is 0.123 e. The van der Waals surface area contributed by atoms with E-state index in [1.165, 1.54) is 6.07 Å². The summed E-state index contributed by atoms with van der Waals surface area (Å²) in [5.41, 5.74) is 3.68. The van der Waals surface area contributed by atoms with Crippen LogP contribution in [-0.2, 0) is 0 Å². The Balaban J connectivity index is 2.45. The highest BCUT2D eigenvalue weighted by Crippen LogP contribution is 2.22. The second-order valence-electron chi connectivity index (χ2n) is 4.49. The van der Waals surface area contributed by atoms with Gasteiger partial charge in [0.15, 0.2) is 0 Å². The first-order valence-corrected chi connectivity index (χ1v) is 5.98. The van der Waals surface area contributed by atoms with Gasteiger partial charge in [0, 0.05) is 5.69 Å². The maximum absolute atomic E-state index is 13.5. The van der Waals surface area contributed by atoms with Crippen molar-refractivity contribution in [3.8, 4) is 0 Å². The minimum atomic E-state index is -0.210. The van der Waals surface area contributed by atoms with E-state index in [2.05, 4.69) is 10.3 Å². The minimum Gasteiger partial charge on any atom is -0.308 e. The van der Waals surface area contributed by atoms with Crippen molar-refractivity contribution in [2.45, 2.75) is 19.9 Å². The molecule has 0 aliphatic heterocycles. The Morgan fingerprint density at radius 3 is 2.56 bits per heavy atom. The number of pyridine rings is 1. The molecule has 2 aromatic rings. The Bertz CT molecular complexity index is 532. The van der Waals surface area contributed by atoms with E-state index >= 15 is 0 Å². The molecule has 3 heteroatoms. The van der Waals surface area contributed by atoms with Crippen molar-refractivity contribution >= 4 is 0 Å². The van der Waals surface area contributed by atoms with Crippen molar-refractivity contribution in [1.29, 1.82) is 0 Å². The van der Waals surface area contributed by atoms with E-state index in [4.69, 9.17) is 0 Å². The first-order chi connectivity index (χ1) is 8.60. The summed E-state index contributed by atoms with van der Waals surface area (Å²) in [6, 6.07) is 10.8. The molecule has 1 heterocycles. The van der Waals surface area contributed by atoms with Gasteiger partial charge in [-0.25, -0.2) is 4.39 Å². The molecule has 0 amide bonds. The first kappa shape index (κ1) is 12.7. The van der Waals surface area contributed by atoms with Crippen LogP contribution in [0.4, 0.5) is 4.39 Å². The summed E-state index contributed by atoms with van der Waals surface area (Å²) in [5.74, 6) is -0.210. The van der Waals surface area contributed by atoms with E-state index in [-0.39, 0.29) is 11.9 Å². The fourth-order valence-corrected chi connectivity index (χ4v) is 2.14. The lowest BCUT2D eigenvalue weighted by Crippen LogP contribution is -2.19. The fraction of sp³-hybridized carbons (Fsp3) is 0.267. The van der Waals surface area contributed by atoms with Crippen molar-refractivity contribution in [2.75, 3.05) is 7.05 Å². The lowest BCUT2D eigenvalue weighted by atomic mass is 10.0. The highest BCUT2D eigenvalue weighted by Gasteiger charge is 2.14. The third-order valence-electron chi connectivity index (χ3n) is 2.89. The molecule has 0 bridgehead atoms. The predicted molar refractivity (Wildman–Crippen MR) is 71.0 cm³/mol. The summed E-state index contributed by atoms with van der Waals surface area (Å²) in [5, 5.41) is 3.19. The number of nitrogens with zero attached hydrogens (tertiary/aromatic N) is 1. The third-order valence-corrected chi connectivity index (χ3v) is 2.89. The molecule has 1 aromatic heterocycles. The zero-order valence-electron chi connectivity index (χ0n) is 10.9. The number of hydrogen-bond donors (Lipinski definition) is 1. The molecule has 94 valence electrons. The lowest BCUT2D eigenvalue weighted by molar-refractivity contribution is 0.612. The summed E-state index contributed by atoms with van der Waals surface area (Å²) in [6.07, 6.45) is 0. The van der Waals surface area contributed by atoms with Gasteiger partial charge in [-0.3, -0.25) is 4.98 Å². The van der Waals surface area contributed by atoms with Gasteiger partial charge in [-0.2, -0.15) is 0 Å². The van der Waals surface area contributed by atoms with E-state index in [9.17, 15) is 4.39 Å². The molecule has 1 unspecified atom stereocenters. The molecule has 0 spiro atoms. The number of benzene rings is 1. The van der Waals surface area contributed by atoms with Crippen LogP contribution < -0.4 is 5.32 Å². The summed E-state index contributed by atoms with van der Waals surface area (Å²) < 4.78 is 13.5. The molecule has 18 heavy (non-hydrogen) atoms. The van der Waals surface area contributed by atoms with Crippen molar-refractivity contribution < 1.29 is 4.39 Å². The van der Waals surface area contributed by atoms with Gasteiger partial charge in [-0.1, -0.05) is 12.1 Å². The number of nitrogens with one attached hydrogen (secondary N) is 1. The Labute approximate surface area is 107 Å². The zero-order valence-corrected chi connectivity index (χ0v) is 10.9. The topological polar surface area (TPSA) is 24.9 Å². The molecule has 2 rings (SSSR count). The molecular weight excluding hydrogens is 227 g/mol. The largest absolute Gasteiger partial charge is 0.308 e. The van der Waals surface area contributed by atoms with Gasteiger partial charge in [-0.15, -0.1) is 0 Å². The second kappa shape index (κ2) is 5.27. The van der Waals surface area contributed by atoms with Crippen molar-refractivity contribution in [2.24, 2.45) is 0 Å². The Kier molecular flexibility index (Phi) is 3.72. The van der Waals surface area contributed by atoms with E-state index in [1.54, 1.807) is 6.07 Å². The molecular formula is C15H17FN2. The molecule has 1 aromatic carbocycles. The molecule has 0 saturated heterocycles. The number of rotatable bonds is 3. The van der Waals surface area contributed by atoms with Crippen molar-refractivity contribution in [1.82, 2.24) is 10.3 Å². The number of aryl methyl sites for hydroxylation is 2. The third kappa shape index (κ3) is 2.74. The van der Waals surface area contributed by atoms with Crippen LogP contribution in [0.2, 0.25) is 0 Å². The molecule has 1 atom stereocenters. The van der Waals surface area contributed by atoms with Crippen LogP contribution in [0.1, 0.15) is 28.6 Å². The average Bonchev–Trinajstić information content (AvgIpc) is 2.28. The van der Waals surface area contributed by atoms with Gasteiger partial charge in [0.25, 0.3) is 0 Å². The molecule has 0 fully saturated rings. The maximum Gasteiger partial charge on any atom is 0.123 e. The van der Waals surface area contributed by atoms with E-state index in [0.717, 1.165) is 22.5 Å². The summed E-state index contributed by atoms with van der Waals surface area (Å²) in [4.78, 5) is 4.50. The number of hydrogen-bond acceptors (Lipinski definition) is 2. The molecule has 0 radical (unpaired) electrons. The van der Waals surface area contributed by atoms with Gasteiger partial charge < -0.3 is 5.32 Å². The van der Waals surface area contributed by atoms with E-state index < -0.39 is 0 Å². The van der Waals surface area contributed by atoms with Crippen LogP contribution in [0.3, 0.4) is 0 Å². The average molecular weight is 244 g/mol. The Morgan fingerprint density at radius 2 is 1.94 bits per heavy atom. The zero-order chi connectivity index (χ0) is 13.1. The van der Waals surface area contributed by atoms with Crippen molar-refractivity contribution in [3.63, 3.8) is 0 Å². The van der Waals surface area contributed by atoms with Gasteiger partial charge in [0.2, 0.25) is 0 Å². The molecule has 0 aliphatic carbocycles. The van der Waals surface area contributed by atoms with Crippen LogP contribution in [0.15, 0.2) is 36.4 Å². The minimum absolute atomic E-state index is 0.0840. The van der Waals surface area contributed by atoms with Crippen LogP contribution in [0.25, 0.3) is 0 Å². The fourth-order valence-electron chi connectivity index (χ4n) is 2.14. The summed E-state index contributed by atoms with van der Waals surface area (Å²) in [7, 11) is 1.86. The standard InChI is InChI=1S/C15H17FN2/c1-10-7-12(9-13(16)8-10)15(17-3)14-6-4-5-11(2)18-14/h4-9,15,17H,1-3H3. The normalized spacial score (nSPS) is 12.4. The Morgan fingerprint density at radius 1 is 1.17 bits per heavy atom. The van der Waals surface area contributed by atoms with Gasteiger partial charge in [0.1, 0.15) is 5.82 Å². The van der Waals surface area contributed by atoms with Gasteiger partial charge in [-0.05, 0) is 56.3 Å². The number of halogens is 1. The van der Waals surface area contributed by atoms with Gasteiger partial charge >= 0.3 is 0 Å². The summed E-state index contributed by atoms with van der Waals surface area (Å²) >= 11 is 0. The Hall–Kier alpha value is -1.74. The van der Waals surface area contributed by atoms with Crippen LogP contribution in [0, 0.1) is 19.7 Å². The molecule has 2 nitrogen and oxygen atoms in total. The molecule has 0 saturated carbocycles. The van der Waals surface area contributed by atoms with E-state index in [1.807, 2.05) is 45.2 Å². The van der Waals surface area contributed by atoms with E-state index in [0.29, 0.717) is 0 Å². The molecule has 1 N–H and O–H groups in total.